The van der Waals surface area contributed by atoms with Crippen LogP contribution in [0.5, 0.6) is 0 Å². The molecule has 2 heteroatoms. The van der Waals surface area contributed by atoms with Crippen LogP contribution in [0.1, 0.15) is 39.5 Å². The molecule has 12 heavy (non-hydrogen) atoms. The van der Waals surface area contributed by atoms with Crippen LogP contribution in [0.2, 0.25) is 0 Å². The summed E-state index contributed by atoms with van der Waals surface area (Å²) < 4.78 is 0. The van der Waals surface area contributed by atoms with Crippen LogP contribution < -0.4 is 5.32 Å². The minimum absolute atomic E-state index is 0.263. The van der Waals surface area contributed by atoms with Crippen molar-refractivity contribution in [1.29, 1.82) is 5.26 Å². The Morgan fingerprint density at radius 1 is 1.58 bits per heavy atom. The maximum Gasteiger partial charge on any atom is 0.0672 e. The van der Waals surface area contributed by atoms with E-state index in [2.05, 4.69) is 25.2 Å². The molecule has 0 aromatic heterocycles. The van der Waals surface area contributed by atoms with E-state index >= 15 is 0 Å². The number of nitrogens with zero attached hydrogens (tertiary/aromatic N) is 1. The van der Waals surface area contributed by atoms with Gasteiger partial charge in [0.25, 0.3) is 0 Å². The van der Waals surface area contributed by atoms with Crippen LogP contribution in [0.4, 0.5) is 0 Å². The van der Waals surface area contributed by atoms with E-state index in [1.54, 1.807) is 0 Å². The van der Waals surface area contributed by atoms with Crippen molar-refractivity contribution >= 4 is 0 Å². The van der Waals surface area contributed by atoms with E-state index in [1.165, 1.54) is 12.8 Å². The van der Waals surface area contributed by atoms with Gasteiger partial charge in [-0.25, -0.2) is 0 Å². The zero-order valence-corrected chi connectivity index (χ0v) is 8.01. The molecule has 1 N–H and O–H groups in total. The quantitative estimate of drug-likeness (QED) is 0.696. The second-order valence-electron chi connectivity index (χ2n) is 3.75. The minimum atomic E-state index is 0.263. The van der Waals surface area contributed by atoms with Gasteiger partial charge in [0.1, 0.15) is 0 Å². The summed E-state index contributed by atoms with van der Waals surface area (Å²) in [5.41, 5.74) is 0. The molecule has 0 aliphatic heterocycles. The van der Waals surface area contributed by atoms with Crippen molar-refractivity contribution < 1.29 is 0 Å². The van der Waals surface area contributed by atoms with E-state index in [1.807, 2.05) is 0 Å². The van der Waals surface area contributed by atoms with Gasteiger partial charge in [0.2, 0.25) is 0 Å². The summed E-state index contributed by atoms with van der Waals surface area (Å²) in [4.78, 5) is 0. The molecule has 68 valence electrons. The Kier molecular flexibility index (Phi) is 3.55. The van der Waals surface area contributed by atoms with Crippen LogP contribution in [-0.2, 0) is 0 Å². The highest BCUT2D eigenvalue weighted by atomic mass is 15.0. The first-order valence-corrected chi connectivity index (χ1v) is 4.93. The standard InChI is InChI=1S/C10H18N2/c1-3-8(2)12-10-6-4-5-9(10)7-11/h8-10,12H,3-6H2,1-2H3. The average Bonchev–Trinajstić information content (AvgIpc) is 2.51. The Balaban J connectivity index is 2.36. The molecule has 0 radical (unpaired) electrons. The van der Waals surface area contributed by atoms with Crippen molar-refractivity contribution in [2.45, 2.75) is 51.6 Å². The average molecular weight is 166 g/mol. The first kappa shape index (κ1) is 9.54. The maximum atomic E-state index is 8.83. The molecule has 1 rings (SSSR count). The fourth-order valence-corrected chi connectivity index (χ4v) is 1.80. The van der Waals surface area contributed by atoms with Crippen molar-refractivity contribution in [2.24, 2.45) is 5.92 Å². The highest BCUT2D eigenvalue weighted by molar-refractivity contribution is 4.96. The largest absolute Gasteiger partial charge is 0.310 e. The molecule has 1 saturated carbocycles. The summed E-state index contributed by atoms with van der Waals surface area (Å²) in [5, 5.41) is 12.3. The molecule has 0 spiro atoms. The molecule has 1 fully saturated rings. The molecule has 0 aromatic rings. The van der Waals surface area contributed by atoms with Gasteiger partial charge in [-0.3, -0.25) is 0 Å². The first-order valence-electron chi connectivity index (χ1n) is 4.93. The van der Waals surface area contributed by atoms with Gasteiger partial charge in [-0.15, -0.1) is 0 Å². The number of nitrogens with one attached hydrogen (secondary N) is 1. The van der Waals surface area contributed by atoms with Crippen molar-refractivity contribution in [3.05, 3.63) is 0 Å². The van der Waals surface area contributed by atoms with Crippen LogP contribution in [0.3, 0.4) is 0 Å². The van der Waals surface area contributed by atoms with Gasteiger partial charge in [-0.05, 0) is 26.2 Å². The van der Waals surface area contributed by atoms with Gasteiger partial charge in [-0.2, -0.15) is 5.26 Å². The third-order valence-electron chi connectivity index (χ3n) is 2.79. The second-order valence-corrected chi connectivity index (χ2v) is 3.75. The molecule has 1 aliphatic rings. The van der Waals surface area contributed by atoms with Crippen LogP contribution >= 0.6 is 0 Å². The van der Waals surface area contributed by atoms with E-state index in [0.29, 0.717) is 12.1 Å². The Morgan fingerprint density at radius 3 is 2.92 bits per heavy atom. The van der Waals surface area contributed by atoms with Crippen molar-refractivity contribution in [3.63, 3.8) is 0 Å². The van der Waals surface area contributed by atoms with Crippen LogP contribution in [-0.4, -0.2) is 12.1 Å². The molecule has 0 aromatic carbocycles. The molecule has 0 saturated heterocycles. The number of hydrogen-bond acceptors (Lipinski definition) is 2. The van der Waals surface area contributed by atoms with Crippen molar-refractivity contribution in [3.8, 4) is 6.07 Å². The van der Waals surface area contributed by atoms with Gasteiger partial charge < -0.3 is 5.32 Å². The van der Waals surface area contributed by atoms with E-state index in [4.69, 9.17) is 5.26 Å². The molecular formula is C10H18N2. The lowest BCUT2D eigenvalue weighted by atomic mass is 10.0. The monoisotopic (exact) mass is 166 g/mol. The smallest absolute Gasteiger partial charge is 0.0672 e. The van der Waals surface area contributed by atoms with Gasteiger partial charge >= 0.3 is 0 Å². The van der Waals surface area contributed by atoms with E-state index in [9.17, 15) is 0 Å². The van der Waals surface area contributed by atoms with Crippen molar-refractivity contribution in [1.82, 2.24) is 5.32 Å². The van der Waals surface area contributed by atoms with Crippen LogP contribution in [0, 0.1) is 17.2 Å². The predicted octanol–water partition coefficient (Wildman–Crippen LogP) is 2.07. The molecule has 1 aliphatic carbocycles. The van der Waals surface area contributed by atoms with Gasteiger partial charge in [0, 0.05) is 12.1 Å². The molecule has 0 amide bonds. The lowest BCUT2D eigenvalue weighted by molar-refractivity contribution is 0.404. The zero-order chi connectivity index (χ0) is 8.97. The van der Waals surface area contributed by atoms with Crippen LogP contribution in [0.25, 0.3) is 0 Å². The molecule has 3 unspecified atom stereocenters. The Bertz CT molecular complexity index is 171. The Hall–Kier alpha value is -0.550. The summed E-state index contributed by atoms with van der Waals surface area (Å²) in [5.74, 6) is 0.263. The molecule has 2 nitrogen and oxygen atoms in total. The van der Waals surface area contributed by atoms with E-state index in [0.717, 1.165) is 12.8 Å². The normalized spacial score (nSPS) is 31.4. The molecular weight excluding hydrogens is 148 g/mol. The summed E-state index contributed by atoms with van der Waals surface area (Å²) in [7, 11) is 0. The van der Waals surface area contributed by atoms with E-state index in [-0.39, 0.29) is 5.92 Å². The lowest BCUT2D eigenvalue weighted by Gasteiger charge is -2.20. The SMILES string of the molecule is CCC(C)NC1CCCC1C#N. The fourth-order valence-electron chi connectivity index (χ4n) is 1.80. The van der Waals surface area contributed by atoms with Gasteiger partial charge in [0.05, 0.1) is 12.0 Å². The third kappa shape index (κ3) is 2.22. The summed E-state index contributed by atoms with van der Waals surface area (Å²) >= 11 is 0. The molecule has 3 atom stereocenters. The molecule has 0 bridgehead atoms. The third-order valence-corrected chi connectivity index (χ3v) is 2.79. The van der Waals surface area contributed by atoms with Gasteiger partial charge in [0.15, 0.2) is 0 Å². The topological polar surface area (TPSA) is 35.8 Å². The fraction of sp³-hybridized carbons (Fsp3) is 0.900. The molecule has 0 heterocycles. The maximum absolute atomic E-state index is 8.83. The predicted molar refractivity (Wildman–Crippen MR) is 49.6 cm³/mol. The second kappa shape index (κ2) is 4.47. The first-order chi connectivity index (χ1) is 5.77. The summed E-state index contributed by atoms with van der Waals surface area (Å²) in [6, 6.07) is 3.40. The zero-order valence-electron chi connectivity index (χ0n) is 8.01. The minimum Gasteiger partial charge on any atom is -0.310 e. The Labute approximate surface area is 75.0 Å². The lowest BCUT2D eigenvalue weighted by Crippen LogP contribution is -2.38. The summed E-state index contributed by atoms with van der Waals surface area (Å²) in [6.45, 7) is 4.36. The van der Waals surface area contributed by atoms with Crippen molar-refractivity contribution in [2.75, 3.05) is 0 Å². The number of nitriles is 1. The number of hydrogen-bond donors (Lipinski definition) is 1. The summed E-state index contributed by atoms with van der Waals surface area (Å²) in [6.07, 6.45) is 4.63. The highest BCUT2D eigenvalue weighted by Gasteiger charge is 2.27. The number of rotatable bonds is 3. The van der Waals surface area contributed by atoms with Crippen LogP contribution in [0.15, 0.2) is 0 Å². The highest BCUT2D eigenvalue weighted by Crippen LogP contribution is 2.25. The Morgan fingerprint density at radius 2 is 2.33 bits per heavy atom. The van der Waals surface area contributed by atoms with Gasteiger partial charge in [-0.1, -0.05) is 13.3 Å². The van der Waals surface area contributed by atoms with E-state index < -0.39 is 0 Å².